The first-order chi connectivity index (χ1) is 11.7. The van der Waals surface area contributed by atoms with Crippen molar-refractivity contribution >= 4 is 23.5 Å². The Morgan fingerprint density at radius 2 is 1.92 bits per heavy atom. The van der Waals surface area contributed by atoms with E-state index in [-0.39, 0.29) is 29.2 Å². The van der Waals surface area contributed by atoms with Gasteiger partial charge in [0, 0.05) is 11.6 Å². The normalized spacial score (nSPS) is 14.2. The summed E-state index contributed by atoms with van der Waals surface area (Å²) in [5.74, 6) is -2.68. The van der Waals surface area contributed by atoms with Crippen LogP contribution < -0.4 is 10.6 Å². The van der Waals surface area contributed by atoms with Gasteiger partial charge in [-0.2, -0.15) is 18.2 Å². The predicted molar refractivity (Wildman–Crippen MR) is 77.2 cm³/mol. The molecule has 1 aromatic heterocycles. The molecule has 1 aliphatic carbocycles. The van der Waals surface area contributed by atoms with E-state index in [9.17, 15) is 27.2 Å². The van der Waals surface area contributed by atoms with Crippen molar-refractivity contribution in [1.82, 2.24) is 4.98 Å². The number of oxazole rings is 1. The van der Waals surface area contributed by atoms with Gasteiger partial charge in [0.05, 0.1) is 5.56 Å². The fourth-order valence-electron chi connectivity index (χ4n) is 2.00. The number of alkyl halides is 3. The zero-order chi connectivity index (χ0) is 18.2. The second kappa shape index (κ2) is 6.19. The third-order valence-electron chi connectivity index (χ3n) is 3.44. The number of aromatic nitrogens is 1. The zero-order valence-corrected chi connectivity index (χ0v) is 12.5. The van der Waals surface area contributed by atoms with Gasteiger partial charge in [0.1, 0.15) is 12.1 Å². The smallest absolute Gasteiger partial charge is 0.419 e. The van der Waals surface area contributed by atoms with Gasteiger partial charge in [-0.15, -0.1) is 0 Å². The summed E-state index contributed by atoms with van der Waals surface area (Å²) in [7, 11) is 0. The van der Waals surface area contributed by atoms with E-state index < -0.39 is 23.5 Å². The molecule has 0 atom stereocenters. The Bertz CT molecular complexity index is 828. The molecule has 1 fully saturated rings. The van der Waals surface area contributed by atoms with Crippen molar-refractivity contribution in [3.05, 3.63) is 41.5 Å². The van der Waals surface area contributed by atoms with Crippen LogP contribution in [0.1, 0.15) is 28.9 Å². The van der Waals surface area contributed by atoms with Crippen molar-refractivity contribution in [2.75, 3.05) is 10.6 Å². The standard InChI is InChI=1S/C15H11F4N3O3/c16-10-4-3-8(5-9(10)15(17,18)19)20-13(24)11-6-25-14(21-11)22-12(23)7-1-2-7/h3-7H,1-2H2,(H,20,24)(H,21,22,23). The summed E-state index contributed by atoms with van der Waals surface area (Å²) < 4.78 is 56.1. The molecule has 1 aliphatic rings. The highest BCUT2D eigenvalue weighted by molar-refractivity contribution is 6.03. The van der Waals surface area contributed by atoms with E-state index in [0.717, 1.165) is 25.2 Å². The van der Waals surface area contributed by atoms with Crippen molar-refractivity contribution < 1.29 is 31.6 Å². The van der Waals surface area contributed by atoms with E-state index in [1.165, 1.54) is 0 Å². The molecule has 0 saturated heterocycles. The number of halogens is 4. The summed E-state index contributed by atoms with van der Waals surface area (Å²) in [6, 6.07) is 1.88. The third-order valence-corrected chi connectivity index (χ3v) is 3.44. The molecular weight excluding hydrogens is 346 g/mol. The summed E-state index contributed by atoms with van der Waals surface area (Å²) in [6.07, 6.45) is -2.40. The fraction of sp³-hybridized carbons (Fsp3) is 0.267. The maximum absolute atomic E-state index is 13.2. The van der Waals surface area contributed by atoms with Gasteiger partial charge in [0.15, 0.2) is 5.69 Å². The van der Waals surface area contributed by atoms with Crippen molar-refractivity contribution in [2.45, 2.75) is 19.0 Å². The maximum Gasteiger partial charge on any atom is 0.419 e. The molecule has 3 rings (SSSR count). The van der Waals surface area contributed by atoms with E-state index in [1.54, 1.807) is 0 Å². The molecule has 1 aromatic carbocycles. The average molecular weight is 357 g/mol. The van der Waals surface area contributed by atoms with E-state index in [1.807, 2.05) is 0 Å². The van der Waals surface area contributed by atoms with Gasteiger partial charge in [-0.1, -0.05) is 0 Å². The Morgan fingerprint density at radius 3 is 2.56 bits per heavy atom. The topological polar surface area (TPSA) is 84.2 Å². The number of hydrogen-bond donors (Lipinski definition) is 2. The maximum atomic E-state index is 13.2. The molecule has 1 saturated carbocycles. The number of nitrogens with zero attached hydrogens (tertiary/aromatic N) is 1. The Morgan fingerprint density at radius 1 is 1.20 bits per heavy atom. The molecule has 25 heavy (non-hydrogen) atoms. The predicted octanol–water partition coefficient (Wildman–Crippen LogP) is 3.43. The largest absolute Gasteiger partial charge is 0.431 e. The van der Waals surface area contributed by atoms with Gasteiger partial charge in [-0.25, -0.2) is 4.39 Å². The van der Waals surface area contributed by atoms with Crippen LogP contribution >= 0.6 is 0 Å². The number of hydrogen-bond acceptors (Lipinski definition) is 4. The van der Waals surface area contributed by atoms with E-state index in [4.69, 9.17) is 4.42 Å². The SMILES string of the molecule is O=C(Nc1ccc(F)c(C(F)(F)F)c1)c1coc(NC(=O)C2CC2)n1. The highest BCUT2D eigenvalue weighted by Gasteiger charge is 2.34. The lowest BCUT2D eigenvalue weighted by Gasteiger charge is -2.10. The van der Waals surface area contributed by atoms with Crippen molar-refractivity contribution in [3.63, 3.8) is 0 Å². The van der Waals surface area contributed by atoms with Crippen LogP contribution in [0.15, 0.2) is 28.9 Å². The molecule has 0 bridgehead atoms. The number of carbonyl (C=O) groups excluding carboxylic acids is 2. The van der Waals surface area contributed by atoms with E-state index in [0.29, 0.717) is 12.1 Å². The van der Waals surface area contributed by atoms with E-state index in [2.05, 4.69) is 15.6 Å². The molecule has 6 nitrogen and oxygen atoms in total. The molecule has 132 valence electrons. The number of benzene rings is 1. The van der Waals surface area contributed by atoms with Crippen molar-refractivity contribution in [2.24, 2.45) is 5.92 Å². The Hall–Kier alpha value is -2.91. The van der Waals surface area contributed by atoms with Crippen LogP contribution in [0.25, 0.3) is 0 Å². The molecule has 2 amide bonds. The lowest BCUT2D eigenvalue weighted by atomic mass is 10.2. The summed E-state index contributed by atoms with van der Waals surface area (Å²) in [5.41, 5.74) is -2.00. The molecule has 10 heteroatoms. The van der Waals surface area contributed by atoms with Crippen molar-refractivity contribution in [1.29, 1.82) is 0 Å². The van der Waals surface area contributed by atoms with Crippen LogP contribution in [0.5, 0.6) is 0 Å². The Labute approximate surface area is 138 Å². The van der Waals surface area contributed by atoms with Gasteiger partial charge in [0.25, 0.3) is 5.91 Å². The Kier molecular flexibility index (Phi) is 4.19. The minimum Gasteiger partial charge on any atom is -0.431 e. The summed E-state index contributed by atoms with van der Waals surface area (Å²) in [6.45, 7) is 0. The lowest BCUT2D eigenvalue weighted by Crippen LogP contribution is -2.16. The van der Waals surface area contributed by atoms with Gasteiger partial charge in [-0.05, 0) is 31.0 Å². The number of anilines is 2. The zero-order valence-electron chi connectivity index (χ0n) is 12.5. The summed E-state index contributed by atoms with van der Waals surface area (Å²) >= 11 is 0. The first-order valence-electron chi connectivity index (χ1n) is 7.18. The monoisotopic (exact) mass is 357 g/mol. The Balaban J connectivity index is 1.70. The van der Waals surface area contributed by atoms with E-state index >= 15 is 0 Å². The minimum atomic E-state index is -4.89. The molecule has 1 heterocycles. The van der Waals surface area contributed by atoms with Gasteiger partial charge in [0.2, 0.25) is 5.91 Å². The summed E-state index contributed by atoms with van der Waals surface area (Å²) in [4.78, 5) is 27.3. The molecule has 2 aromatic rings. The first kappa shape index (κ1) is 16.9. The van der Waals surface area contributed by atoms with Gasteiger partial charge >= 0.3 is 12.2 Å². The second-order valence-corrected chi connectivity index (χ2v) is 5.45. The first-order valence-corrected chi connectivity index (χ1v) is 7.18. The van der Waals surface area contributed by atoms with Crippen LogP contribution in [0, 0.1) is 11.7 Å². The van der Waals surface area contributed by atoms with Crippen LogP contribution in [0.3, 0.4) is 0 Å². The molecular formula is C15H11F4N3O3. The molecule has 0 spiro atoms. The number of amides is 2. The van der Waals surface area contributed by atoms with Crippen LogP contribution in [-0.2, 0) is 11.0 Å². The highest BCUT2D eigenvalue weighted by Crippen LogP contribution is 2.33. The lowest BCUT2D eigenvalue weighted by molar-refractivity contribution is -0.140. The number of nitrogens with one attached hydrogen (secondary N) is 2. The quantitative estimate of drug-likeness (QED) is 0.821. The van der Waals surface area contributed by atoms with Gasteiger partial charge < -0.3 is 9.73 Å². The highest BCUT2D eigenvalue weighted by atomic mass is 19.4. The van der Waals surface area contributed by atoms with Crippen molar-refractivity contribution in [3.8, 4) is 0 Å². The molecule has 2 N–H and O–H groups in total. The molecule has 0 unspecified atom stereocenters. The van der Waals surface area contributed by atoms with Crippen LogP contribution in [0.2, 0.25) is 0 Å². The van der Waals surface area contributed by atoms with Crippen LogP contribution in [-0.4, -0.2) is 16.8 Å². The second-order valence-electron chi connectivity index (χ2n) is 5.45. The third kappa shape index (κ3) is 3.95. The fourth-order valence-corrected chi connectivity index (χ4v) is 2.00. The molecule has 0 aliphatic heterocycles. The minimum absolute atomic E-state index is 0.0934. The number of carbonyl (C=O) groups is 2. The summed E-state index contributed by atoms with van der Waals surface area (Å²) in [5, 5.41) is 4.54. The van der Waals surface area contributed by atoms with Crippen LogP contribution in [0.4, 0.5) is 29.3 Å². The molecule has 0 radical (unpaired) electrons. The average Bonchev–Trinajstić information content (AvgIpc) is 3.28. The number of rotatable bonds is 4. The van der Waals surface area contributed by atoms with Gasteiger partial charge in [-0.3, -0.25) is 14.9 Å².